The number of aryl methyl sites for hydroxylation is 2. The Labute approximate surface area is 153 Å². The number of hydrogen-bond acceptors (Lipinski definition) is 11. The van der Waals surface area contributed by atoms with Crippen molar-refractivity contribution in [3.8, 4) is 0 Å². The van der Waals surface area contributed by atoms with Crippen LogP contribution < -0.4 is 10.6 Å². The monoisotopic (exact) mass is 397 g/mol. The summed E-state index contributed by atoms with van der Waals surface area (Å²) in [7, 11) is 0. The number of nitrogens with zero attached hydrogens (tertiary/aromatic N) is 5. The molecule has 0 atom stereocenters. The zero-order valence-electron chi connectivity index (χ0n) is 13.0. The minimum absolute atomic E-state index is 0.131. The molecule has 25 heavy (non-hydrogen) atoms. The number of carbonyl (C=O) groups is 2. The van der Waals surface area contributed by atoms with Gasteiger partial charge >= 0.3 is 0 Å². The van der Waals surface area contributed by atoms with Gasteiger partial charge in [-0.25, -0.2) is 0 Å². The molecule has 13 heteroatoms. The van der Waals surface area contributed by atoms with E-state index in [2.05, 4.69) is 35.6 Å². The van der Waals surface area contributed by atoms with Crippen molar-refractivity contribution in [2.24, 2.45) is 0 Å². The van der Waals surface area contributed by atoms with Gasteiger partial charge in [0, 0.05) is 6.07 Å². The predicted molar refractivity (Wildman–Crippen MR) is 93.1 cm³/mol. The molecule has 3 aromatic rings. The van der Waals surface area contributed by atoms with Gasteiger partial charge in [-0.3, -0.25) is 14.9 Å². The van der Waals surface area contributed by atoms with Crippen LogP contribution >= 0.6 is 34.6 Å². The van der Waals surface area contributed by atoms with Crippen LogP contribution in [0.5, 0.6) is 0 Å². The van der Waals surface area contributed by atoms with Gasteiger partial charge in [-0.2, -0.15) is 0 Å². The van der Waals surface area contributed by atoms with E-state index in [1.165, 1.54) is 23.1 Å². The number of anilines is 2. The number of thioether (sulfide) groups is 1. The fourth-order valence-electron chi connectivity index (χ4n) is 1.64. The van der Waals surface area contributed by atoms with Crippen LogP contribution in [0.25, 0.3) is 0 Å². The number of hydrogen-bond donors (Lipinski definition) is 2. The summed E-state index contributed by atoms with van der Waals surface area (Å²) < 4.78 is 9.14. The maximum absolute atomic E-state index is 12.0. The molecule has 3 aromatic heterocycles. The second kappa shape index (κ2) is 7.67. The fraction of sp³-hybridized carbons (Fsp3) is 0.250. The van der Waals surface area contributed by atoms with Gasteiger partial charge in [-0.05, 0) is 25.4 Å². The number of rotatable bonds is 6. The van der Waals surface area contributed by atoms with Crippen molar-refractivity contribution in [3.05, 3.63) is 22.4 Å². The Bertz CT molecular complexity index is 903. The summed E-state index contributed by atoms with van der Waals surface area (Å²) in [5, 5.41) is 20.9. The molecule has 3 rings (SSSR count). The Morgan fingerprint density at radius 3 is 2.76 bits per heavy atom. The zero-order chi connectivity index (χ0) is 17.8. The van der Waals surface area contributed by atoms with Crippen molar-refractivity contribution in [1.82, 2.24) is 24.9 Å². The number of carbonyl (C=O) groups excluding carboxylic acids is 2. The molecule has 0 saturated carbocycles. The standard InChI is InChI=1S/C12H11N7O3S3/c1-5-3-7(18-22-5)13-8(20)4-23-12-17-16-11(24-12)14-10(21)9-6(2)15-19-25-9/h3H,4H2,1-2H3,(H,13,18,20)(H,14,16,21). The first-order chi connectivity index (χ1) is 12.0. The van der Waals surface area contributed by atoms with E-state index in [4.69, 9.17) is 4.52 Å². The normalized spacial score (nSPS) is 10.6. The lowest BCUT2D eigenvalue weighted by molar-refractivity contribution is -0.113. The second-order valence-electron chi connectivity index (χ2n) is 4.67. The SMILES string of the molecule is Cc1cc(NC(=O)CSc2nnc(NC(=O)c3snnc3C)s2)no1. The lowest BCUT2D eigenvalue weighted by Crippen LogP contribution is -2.14. The highest BCUT2D eigenvalue weighted by Gasteiger charge is 2.16. The first kappa shape index (κ1) is 17.4. The van der Waals surface area contributed by atoms with Crippen LogP contribution in [0.15, 0.2) is 14.9 Å². The van der Waals surface area contributed by atoms with E-state index in [0.29, 0.717) is 31.6 Å². The Morgan fingerprint density at radius 1 is 1.24 bits per heavy atom. The van der Waals surface area contributed by atoms with E-state index in [9.17, 15) is 9.59 Å². The van der Waals surface area contributed by atoms with Crippen LogP contribution in [0.4, 0.5) is 10.9 Å². The topological polar surface area (TPSA) is 136 Å². The Morgan fingerprint density at radius 2 is 2.08 bits per heavy atom. The summed E-state index contributed by atoms with van der Waals surface area (Å²) >= 11 is 3.39. The van der Waals surface area contributed by atoms with Crippen LogP contribution in [0, 0.1) is 13.8 Å². The molecule has 0 spiro atoms. The molecular weight excluding hydrogens is 386 g/mol. The quantitative estimate of drug-likeness (QED) is 0.472. The largest absolute Gasteiger partial charge is 0.360 e. The summed E-state index contributed by atoms with van der Waals surface area (Å²) in [5.41, 5.74) is 0.557. The molecule has 0 unspecified atom stereocenters. The molecule has 0 bridgehead atoms. The number of amides is 2. The van der Waals surface area contributed by atoms with Crippen LogP contribution in [0.1, 0.15) is 21.1 Å². The Hall–Kier alpha value is -2.38. The average Bonchev–Trinajstić information content (AvgIpc) is 3.28. The fourth-order valence-corrected chi connectivity index (χ4v) is 3.74. The molecule has 0 aliphatic carbocycles. The second-order valence-corrected chi connectivity index (χ2v) is 7.63. The maximum atomic E-state index is 12.0. The van der Waals surface area contributed by atoms with E-state index < -0.39 is 0 Å². The van der Waals surface area contributed by atoms with Crippen molar-refractivity contribution in [1.29, 1.82) is 0 Å². The van der Waals surface area contributed by atoms with Gasteiger partial charge < -0.3 is 9.84 Å². The van der Waals surface area contributed by atoms with E-state index in [0.717, 1.165) is 11.5 Å². The molecular formula is C12H11N7O3S3. The van der Waals surface area contributed by atoms with E-state index in [1.807, 2.05) is 0 Å². The van der Waals surface area contributed by atoms with Crippen LogP contribution in [0.2, 0.25) is 0 Å². The lowest BCUT2D eigenvalue weighted by atomic mass is 10.4. The molecule has 0 aliphatic heterocycles. The predicted octanol–water partition coefficient (Wildman–Crippen LogP) is 1.98. The van der Waals surface area contributed by atoms with E-state index in [1.54, 1.807) is 19.9 Å². The van der Waals surface area contributed by atoms with Gasteiger partial charge in [0.05, 0.1) is 11.4 Å². The summed E-state index contributed by atoms with van der Waals surface area (Å²) in [5.74, 6) is 0.525. The maximum Gasteiger partial charge on any atom is 0.271 e. The van der Waals surface area contributed by atoms with Crippen molar-refractivity contribution >= 4 is 57.4 Å². The van der Waals surface area contributed by atoms with Crippen LogP contribution in [-0.4, -0.2) is 42.5 Å². The molecule has 0 radical (unpaired) electrons. The van der Waals surface area contributed by atoms with Gasteiger partial charge in [0.15, 0.2) is 10.2 Å². The first-order valence-electron chi connectivity index (χ1n) is 6.81. The molecule has 0 aromatic carbocycles. The molecule has 0 fully saturated rings. The third kappa shape index (κ3) is 4.58. The van der Waals surface area contributed by atoms with Crippen LogP contribution in [-0.2, 0) is 4.79 Å². The Kier molecular flexibility index (Phi) is 5.35. The van der Waals surface area contributed by atoms with E-state index in [-0.39, 0.29) is 17.6 Å². The Balaban J connectivity index is 1.50. The zero-order valence-corrected chi connectivity index (χ0v) is 15.4. The first-order valence-corrected chi connectivity index (χ1v) is 9.38. The highest BCUT2D eigenvalue weighted by Crippen LogP contribution is 2.26. The minimum Gasteiger partial charge on any atom is -0.360 e. The molecule has 2 amide bonds. The number of nitrogens with one attached hydrogen (secondary N) is 2. The highest BCUT2D eigenvalue weighted by atomic mass is 32.2. The van der Waals surface area contributed by atoms with Gasteiger partial charge in [-0.15, -0.1) is 15.3 Å². The molecule has 3 heterocycles. The highest BCUT2D eigenvalue weighted by molar-refractivity contribution is 8.01. The van der Waals surface area contributed by atoms with Crippen molar-refractivity contribution in [2.45, 2.75) is 18.2 Å². The van der Waals surface area contributed by atoms with Gasteiger partial charge in [0.2, 0.25) is 11.0 Å². The summed E-state index contributed by atoms with van der Waals surface area (Å²) in [6.07, 6.45) is 0. The van der Waals surface area contributed by atoms with E-state index >= 15 is 0 Å². The average molecular weight is 397 g/mol. The van der Waals surface area contributed by atoms with Gasteiger partial charge in [0.1, 0.15) is 10.6 Å². The summed E-state index contributed by atoms with van der Waals surface area (Å²) in [6.45, 7) is 3.44. The molecule has 130 valence electrons. The molecule has 0 aliphatic rings. The third-order valence-corrected chi connectivity index (χ3v) is 5.51. The van der Waals surface area contributed by atoms with Crippen molar-refractivity contribution < 1.29 is 14.1 Å². The summed E-state index contributed by atoms with van der Waals surface area (Å²) in [4.78, 5) is 24.3. The lowest BCUT2D eigenvalue weighted by Gasteiger charge is -1.98. The minimum atomic E-state index is -0.334. The third-order valence-electron chi connectivity index (χ3n) is 2.71. The van der Waals surface area contributed by atoms with Gasteiger partial charge in [0.25, 0.3) is 5.91 Å². The number of aromatic nitrogens is 5. The molecule has 0 saturated heterocycles. The molecule has 2 N–H and O–H groups in total. The smallest absolute Gasteiger partial charge is 0.271 e. The van der Waals surface area contributed by atoms with Gasteiger partial charge in [-0.1, -0.05) is 32.7 Å². The summed E-state index contributed by atoms with van der Waals surface area (Å²) in [6, 6.07) is 1.62. The molecule has 10 nitrogen and oxygen atoms in total. The van der Waals surface area contributed by atoms with Crippen molar-refractivity contribution in [3.63, 3.8) is 0 Å². The van der Waals surface area contributed by atoms with Crippen LogP contribution in [0.3, 0.4) is 0 Å². The van der Waals surface area contributed by atoms with Crippen molar-refractivity contribution in [2.75, 3.05) is 16.4 Å².